The van der Waals surface area contributed by atoms with Gasteiger partial charge in [0.1, 0.15) is 18.1 Å². The van der Waals surface area contributed by atoms with Crippen molar-refractivity contribution in [2.75, 3.05) is 32.7 Å². The summed E-state index contributed by atoms with van der Waals surface area (Å²) in [6, 6.07) is 3.60. The van der Waals surface area contributed by atoms with E-state index in [1.54, 1.807) is 9.80 Å². The van der Waals surface area contributed by atoms with Crippen LogP contribution < -0.4 is 26.6 Å². The van der Waals surface area contributed by atoms with Crippen LogP contribution in [0.5, 0.6) is 0 Å². The van der Waals surface area contributed by atoms with E-state index in [0.717, 1.165) is 17.5 Å². The minimum Gasteiger partial charge on any atom is -0.346 e. The molecular formula is C39H53N7O6. The average Bonchev–Trinajstić information content (AvgIpc) is 3.45. The summed E-state index contributed by atoms with van der Waals surface area (Å²) >= 11 is 0. The molecule has 2 aliphatic carbocycles. The number of amides is 7. The van der Waals surface area contributed by atoms with E-state index in [-0.39, 0.29) is 48.1 Å². The Morgan fingerprint density at radius 2 is 1.77 bits per heavy atom. The Hall–Kier alpha value is -4.86. The molecule has 7 amide bonds. The lowest BCUT2D eigenvalue weighted by Crippen LogP contribution is -2.62. The van der Waals surface area contributed by atoms with E-state index in [9.17, 15) is 28.8 Å². The van der Waals surface area contributed by atoms with E-state index in [1.807, 2.05) is 58.9 Å². The molecule has 13 heteroatoms. The highest BCUT2D eigenvalue weighted by atomic mass is 16.2. The lowest BCUT2D eigenvalue weighted by Gasteiger charge is -2.38. The van der Waals surface area contributed by atoms with Crippen molar-refractivity contribution in [3.63, 3.8) is 0 Å². The monoisotopic (exact) mass is 715 g/mol. The van der Waals surface area contributed by atoms with Crippen molar-refractivity contribution in [1.82, 2.24) is 36.4 Å². The van der Waals surface area contributed by atoms with Gasteiger partial charge in [0.05, 0.1) is 6.04 Å². The number of piperidine rings is 1. The molecule has 52 heavy (non-hydrogen) atoms. The van der Waals surface area contributed by atoms with Crippen LogP contribution in [0, 0.1) is 40.9 Å². The zero-order valence-corrected chi connectivity index (χ0v) is 30.9. The third-order valence-electron chi connectivity index (χ3n) is 11.4. The quantitative estimate of drug-likeness (QED) is 0.119. The SMILES string of the molecule is C#CCC(NC(=O)[C@@H]1[C@@H]2[C@H](CN1C(=O)[C@@H](NC(=O)N[C@H](CN1CCCNC1=O)C(C)(C)C)C1Cc3ccccc3C1)C2(C)C)C(=O)C(=O)NCC=C. The first kappa shape index (κ1) is 38.4. The normalized spacial score (nSPS) is 23.5. The first-order valence-corrected chi connectivity index (χ1v) is 18.2. The first-order chi connectivity index (χ1) is 24.6. The van der Waals surface area contributed by atoms with E-state index in [1.165, 1.54) is 6.08 Å². The number of carbonyl (C=O) groups is 6. The second kappa shape index (κ2) is 15.4. The molecule has 6 atom stereocenters. The number of rotatable bonds is 13. The topological polar surface area (TPSA) is 169 Å². The number of Topliss-reactive ketones (excluding diaryl/α,β-unsaturated/α-hetero) is 1. The fraction of sp³-hybridized carbons (Fsp3) is 0.590. The predicted molar refractivity (Wildman–Crippen MR) is 195 cm³/mol. The summed E-state index contributed by atoms with van der Waals surface area (Å²) in [6.07, 6.45) is 8.68. The second-order valence-corrected chi connectivity index (χ2v) is 16.2. The van der Waals surface area contributed by atoms with Gasteiger partial charge in [0.25, 0.3) is 5.91 Å². The van der Waals surface area contributed by atoms with E-state index in [4.69, 9.17) is 6.42 Å². The molecule has 4 aliphatic rings. The Morgan fingerprint density at radius 3 is 2.37 bits per heavy atom. The molecule has 3 fully saturated rings. The van der Waals surface area contributed by atoms with Gasteiger partial charge in [0.2, 0.25) is 17.6 Å². The summed E-state index contributed by atoms with van der Waals surface area (Å²) < 4.78 is 0. The van der Waals surface area contributed by atoms with Crippen LogP contribution in [-0.4, -0.2) is 102 Å². The Morgan fingerprint density at radius 1 is 1.10 bits per heavy atom. The van der Waals surface area contributed by atoms with Crippen LogP contribution in [0.1, 0.15) is 58.6 Å². The number of hydrogen-bond donors (Lipinski definition) is 5. The molecular weight excluding hydrogens is 662 g/mol. The number of nitrogens with one attached hydrogen (secondary N) is 5. The van der Waals surface area contributed by atoms with Crippen molar-refractivity contribution in [3.8, 4) is 12.3 Å². The standard InChI is InChI=1S/C39H53N7O6/c1-8-13-27(32(47)34(49)40-16-9-2)42-33(48)31-29-26(39(29,6)7)21-46(31)35(50)30(25-19-23-14-10-11-15-24(23)20-25)44-36(51)43-28(38(3,4)5)22-45-18-12-17-41-37(45)52/h1,9-11,14-15,25-31H,2,12-13,16-22H2,3-7H3,(H,40,49)(H,41,52)(H,42,48)(H2,43,44,51)/t26-,27?,28+,29-,30-,31-/m0/s1. The molecule has 1 aromatic rings. The van der Waals surface area contributed by atoms with Crippen molar-refractivity contribution in [2.45, 2.75) is 84.5 Å². The van der Waals surface area contributed by atoms with Crippen LogP contribution in [-0.2, 0) is 32.0 Å². The second-order valence-electron chi connectivity index (χ2n) is 16.2. The molecule has 0 radical (unpaired) electrons. The van der Waals surface area contributed by atoms with Crippen LogP contribution in [0.15, 0.2) is 36.9 Å². The minimum absolute atomic E-state index is 0.0288. The van der Waals surface area contributed by atoms with Crippen molar-refractivity contribution < 1.29 is 28.8 Å². The fourth-order valence-corrected chi connectivity index (χ4v) is 8.15. The summed E-state index contributed by atoms with van der Waals surface area (Å²) in [6.45, 7) is 15.4. The molecule has 2 aliphatic heterocycles. The molecule has 1 aromatic carbocycles. The molecule has 1 saturated carbocycles. The van der Waals surface area contributed by atoms with Crippen molar-refractivity contribution in [3.05, 3.63) is 48.0 Å². The molecule has 0 aromatic heterocycles. The number of nitrogens with zero attached hydrogens (tertiary/aromatic N) is 2. The Kier molecular flexibility index (Phi) is 11.4. The highest BCUT2D eigenvalue weighted by molar-refractivity contribution is 6.38. The smallest absolute Gasteiger partial charge is 0.317 e. The molecule has 280 valence electrons. The van der Waals surface area contributed by atoms with Crippen LogP contribution in [0.3, 0.4) is 0 Å². The molecule has 5 rings (SSSR count). The zero-order valence-electron chi connectivity index (χ0n) is 30.9. The number of urea groups is 2. The van der Waals surface area contributed by atoms with Crippen molar-refractivity contribution >= 4 is 35.6 Å². The Balaban J connectivity index is 1.39. The van der Waals surface area contributed by atoms with Gasteiger partial charge in [-0.2, -0.15) is 0 Å². The van der Waals surface area contributed by atoms with E-state index >= 15 is 0 Å². The number of hydrogen-bond acceptors (Lipinski definition) is 6. The third-order valence-corrected chi connectivity index (χ3v) is 11.4. The summed E-state index contributed by atoms with van der Waals surface area (Å²) in [5, 5.41) is 14.1. The maximum absolute atomic E-state index is 14.8. The largest absolute Gasteiger partial charge is 0.346 e. The fourth-order valence-electron chi connectivity index (χ4n) is 8.15. The summed E-state index contributed by atoms with van der Waals surface area (Å²) in [7, 11) is 0. The highest BCUT2D eigenvalue weighted by Gasteiger charge is 2.69. The average molecular weight is 716 g/mol. The number of fused-ring (bicyclic) bond motifs is 2. The highest BCUT2D eigenvalue weighted by Crippen LogP contribution is 2.65. The summed E-state index contributed by atoms with van der Waals surface area (Å²) in [4.78, 5) is 84.2. The number of likely N-dealkylation sites (tertiary alicyclic amines) is 1. The zero-order chi connectivity index (χ0) is 38.0. The van der Waals surface area contributed by atoms with Crippen LogP contribution in [0.2, 0.25) is 0 Å². The van der Waals surface area contributed by atoms with Crippen LogP contribution >= 0.6 is 0 Å². The summed E-state index contributed by atoms with van der Waals surface area (Å²) in [5.74, 6) is -0.805. The number of carbonyl (C=O) groups excluding carboxylic acids is 6. The van der Waals surface area contributed by atoms with Crippen LogP contribution in [0.4, 0.5) is 9.59 Å². The van der Waals surface area contributed by atoms with E-state index in [2.05, 4.69) is 39.1 Å². The lowest BCUT2D eigenvalue weighted by molar-refractivity contribution is -0.144. The maximum atomic E-state index is 14.8. The molecule has 2 saturated heterocycles. The number of ketones is 1. The van der Waals surface area contributed by atoms with E-state index < -0.39 is 53.2 Å². The first-order valence-electron chi connectivity index (χ1n) is 18.2. The van der Waals surface area contributed by atoms with Gasteiger partial charge in [-0.1, -0.05) is 65.0 Å². The molecule has 0 spiro atoms. The van der Waals surface area contributed by atoms with Gasteiger partial charge >= 0.3 is 12.1 Å². The van der Waals surface area contributed by atoms with Gasteiger partial charge in [0, 0.05) is 39.1 Å². The lowest BCUT2D eigenvalue weighted by atomic mass is 9.86. The predicted octanol–water partition coefficient (Wildman–Crippen LogP) is 1.76. The maximum Gasteiger partial charge on any atom is 0.317 e. The minimum atomic E-state index is -1.28. The van der Waals surface area contributed by atoms with Gasteiger partial charge in [-0.3, -0.25) is 19.2 Å². The van der Waals surface area contributed by atoms with Gasteiger partial charge in [0.15, 0.2) is 0 Å². The van der Waals surface area contributed by atoms with Gasteiger partial charge in [-0.25, -0.2) is 9.59 Å². The third kappa shape index (κ3) is 8.11. The molecule has 0 bridgehead atoms. The molecule has 2 heterocycles. The Labute approximate surface area is 306 Å². The van der Waals surface area contributed by atoms with Gasteiger partial charge in [-0.15, -0.1) is 18.9 Å². The van der Waals surface area contributed by atoms with Gasteiger partial charge in [-0.05, 0) is 59.0 Å². The van der Waals surface area contributed by atoms with E-state index in [0.29, 0.717) is 39.0 Å². The number of benzene rings is 1. The Bertz CT molecular complexity index is 1620. The molecule has 1 unspecified atom stereocenters. The summed E-state index contributed by atoms with van der Waals surface area (Å²) in [5.41, 5.74) is 1.54. The van der Waals surface area contributed by atoms with Crippen LogP contribution in [0.25, 0.3) is 0 Å². The van der Waals surface area contributed by atoms with Crippen molar-refractivity contribution in [2.24, 2.45) is 28.6 Å². The molecule has 5 N–H and O–H groups in total. The molecule has 13 nitrogen and oxygen atoms in total. The van der Waals surface area contributed by atoms with Gasteiger partial charge < -0.3 is 36.4 Å². The van der Waals surface area contributed by atoms with Crippen molar-refractivity contribution in [1.29, 1.82) is 0 Å². The number of terminal acetylenes is 1.